The van der Waals surface area contributed by atoms with Crippen molar-refractivity contribution in [3.63, 3.8) is 0 Å². The predicted molar refractivity (Wildman–Crippen MR) is 106 cm³/mol. The number of hydrogen-bond acceptors (Lipinski definition) is 6. The van der Waals surface area contributed by atoms with Crippen LogP contribution in [0.1, 0.15) is 32.6 Å². The van der Waals surface area contributed by atoms with Gasteiger partial charge in [-0.25, -0.2) is 9.97 Å². The zero-order chi connectivity index (χ0) is 19.6. The van der Waals surface area contributed by atoms with Crippen molar-refractivity contribution in [3.8, 4) is 0 Å². The number of anilines is 1. The monoisotopic (exact) mass is 386 g/mol. The summed E-state index contributed by atoms with van der Waals surface area (Å²) in [5, 5.41) is 3.03. The van der Waals surface area contributed by atoms with Crippen molar-refractivity contribution in [2.45, 2.75) is 38.6 Å². The van der Waals surface area contributed by atoms with E-state index in [4.69, 9.17) is 0 Å². The molecule has 1 aromatic rings. The van der Waals surface area contributed by atoms with Gasteiger partial charge in [-0.2, -0.15) is 0 Å². The van der Waals surface area contributed by atoms with Gasteiger partial charge in [0.1, 0.15) is 0 Å². The van der Waals surface area contributed by atoms with Crippen molar-refractivity contribution in [1.29, 1.82) is 0 Å². The van der Waals surface area contributed by atoms with E-state index in [0.29, 0.717) is 6.54 Å². The SMILES string of the molecule is C[C@H]1N(C(=O)CN2CCN(c3ncccn3)CC2)CCC[C@@]12CCCNC2=O. The van der Waals surface area contributed by atoms with Crippen LogP contribution >= 0.6 is 0 Å². The summed E-state index contributed by atoms with van der Waals surface area (Å²) in [6.07, 6.45) is 7.20. The van der Waals surface area contributed by atoms with Crippen LogP contribution in [0.15, 0.2) is 18.5 Å². The van der Waals surface area contributed by atoms with Crippen molar-refractivity contribution in [3.05, 3.63) is 18.5 Å². The quantitative estimate of drug-likeness (QED) is 0.815. The van der Waals surface area contributed by atoms with Gasteiger partial charge in [-0.05, 0) is 38.7 Å². The molecule has 3 aliphatic rings. The Balaban J connectivity index is 1.34. The highest BCUT2D eigenvalue weighted by molar-refractivity contribution is 5.86. The molecule has 8 nitrogen and oxygen atoms in total. The predicted octanol–water partition coefficient (Wildman–Crippen LogP) is 0.506. The van der Waals surface area contributed by atoms with Crippen LogP contribution in [-0.4, -0.2) is 83.4 Å². The maximum atomic E-state index is 13.1. The number of carbonyl (C=O) groups is 2. The molecule has 0 saturated carbocycles. The molecule has 4 heterocycles. The summed E-state index contributed by atoms with van der Waals surface area (Å²) in [6, 6.07) is 1.78. The first-order chi connectivity index (χ1) is 13.6. The number of nitrogens with one attached hydrogen (secondary N) is 1. The van der Waals surface area contributed by atoms with Gasteiger partial charge in [-0.3, -0.25) is 14.5 Å². The van der Waals surface area contributed by atoms with Crippen LogP contribution in [0.4, 0.5) is 5.95 Å². The smallest absolute Gasteiger partial charge is 0.237 e. The van der Waals surface area contributed by atoms with Gasteiger partial charge >= 0.3 is 0 Å². The molecule has 152 valence electrons. The van der Waals surface area contributed by atoms with Gasteiger partial charge in [-0.15, -0.1) is 0 Å². The van der Waals surface area contributed by atoms with E-state index >= 15 is 0 Å². The Kier molecular flexibility index (Phi) is 5.48. The maximum Gasteiger partial charge on any atom is 0.237 e. The number of carbonyl (C=O) groups excluding carboxylic acids is 2. The molecule has 3 fully saturated rings. The maximum absolute atomic E-state index is 13.1. The lowest BCUT2D eigenvalue weighted by atomic mass is 9.68. The Hall–Kier alpha value is -2.22. The van der Waals surface area contributed by atoms with E-state index in [-0.39, 0.29) is 17.9 Å². The second-order valence-corrected chi connectivity index (χ2v) is 8.19. The number of aromatic nitrogens is 2. The summed E-state index contributed by atoms with van der Waals surface area (Å²) >= 11 is 0. The molecular weight excluding hydrogens is 356 g/mol. The third kappa shape index (κ3) is 3.57. The lowest BCUT2D eigenvalue weighted by Crippen LogP contribution is -2.62. The van der Waals surface area contributed by atoms with E-state index in [2.05, 4.69) is 32.0 Å². The van der Waals surface area contributed by atoms with Crippen LogP contribution in [-0.2, 0) is 9.59 Å². The Labute approximate surface area is 166 Å². The molecule has 2 atom stereocenters. The lowest BCUT2D eigenvalue weighted by molar-refractivity contribution is -0.150. The normalized spacial score (nSPS) is 29.0. The molecule has 0 radical (unpaired) electrons. The zero-order valence-corrected chi connectivity index (χ0v) is 16.6. The highest BCUT2D eigenvalue weighted by atomic mass is 16.2. The van der Waals surface area contributed by atoms with Crippen molar-refractivity contribution in [2.75, 3.05) is 50.7 Å². The molecule has 4 rings (SSSR count). The van der Waals surface area contributed by atoms with Crippen molar-refractivity contribution in [2.24, 2.45) is 5.41 Å². The first-order valence-corrected chi connectivity index (χ1v) is 10.4. The van der Waals surface area contributed by atoms with Crippen LogP contribution in [0.25, 0.3) is 0 Å². The molecule has 0 bridgehead atoms. The van der Waals surface area contributed by atoms with Crippen LogP contribution < -0.4 is 10.2 Å². The molecule has 1 spiro atoms. The standard InChI is InChI=1S/C20H30N6O2/c1-16-20(5-2-7-21-18(20)28)6-3-10-26(16)17(27)15-24-11-13-25(14-12-24)19-22-8-4-9-23-19/h4,8-9,16H,2-3,5-7,10-15H2,1H3,(H,21,28)/t16-,20+/m1/s1. The number of hydrogen-bond donors (Lipinski definition) is 1. The van der Waals surface area contributed by atoms with Crippen molar-refractivity contribution >= 4 is 17.8 Å². The van der Waals surface area contributed by atoms with E-state index in [1.165, 1.54) is 0 Å². The molecule has 2 amide bonds. The molecule has 28 heavy (non-hydrogen) atoms. The lowest BCUT2D eigenvalue weighted by Gasteiger charge is -2.49. The third-order valence-corrected chi connectivity index (χ3v) is 6.71. The molecular formula is C20H30N6O2. The minimum Gasteiger partial charge on any atom is -0.356 e. The van der Waals surface area contributed by atoms with Crippen LogP contribution in [0.2, 0.25) is 0 Å². The fraction of sp³-hybridized carbons (Fsp3) is 0.700. The molecule has 3 saturated heterocycles. The number of rotatable bonds is 3. The average Bonchev–Trinajstić information content (AvgIpc) is 2.73. The summed E-state index contributed by atoms with van der Waals surface area (Å²) in [6.45, 7) is 7.27. The van der Waals surface area contributed by atoms with Gasteiger partial charge in [0.2, 0.25) is 17.8 Å². The highest BCUT2D eigenvalue weighted by Gasteiger charge is 2.50. The molecule has 1 aromatic heterocycles. The molecule has 1 N–H and O–H groups in total. The van der Waals surface area contributed by atoms with Gasteiger partial charge in [-0.1, -0.05) is 0 Å². The summed E-state index contributed by atoms with van der Waals surface area (Å²) in [4.78, 5) is 40.7. The summed E-state index contributed by atoms with van der Waals surface area (Å²) in [5.41, 5.74) is -0.393. The van der Waals surface area contributed by atoms with E-state index < -0.39 is 5.41 Å². The van der Waals surface area contributed by atoms with E-state index in [1.807, 2.05) is 11.0 Å². The Morgan fingerprint density at radius 3 is 2.57 bits per heavy atom. The van der Waals surface area contributed by atoms with Gasteiger partial charge < -0.3 is 15.1 Å². The first kappa shape index (κ1) is 19.1. The molecule has 0 aromatic carbocycles. The Morgan fingerprint density at radius 1 is 1.14 bits per heavy atom. The van der Waals surface area contributed by atoms with Crippen molar-refractivity contribution in [1.82, 2.24) is 25.1 Å². The highest BCUT2D eigenvalue weighted by Crippen LogP contribution is 2.41. The van der Waals surface area contributed by atoms with E-state index in [0.717, 1.165) is 70.9 Å². The zero-order valence-electron chi connectivity index (χ0n) is 16.6. The number of piperidine rings is 2. The molecule has 0 unspecified atom stereocenters. The van der Waals surface area contributed by atoms with Crippen LogP contribution in [0, 0.1) is 5.41 Å². The minimum absolute atomic E-state index is 0.0342. The fourth-order valence-electron chi connectivity index (χ4n) is 4.98. The second kappa shape index (κ2) is 8.03. The number of likely N-dealkylation sites (tertiary alicyclic amines) is 1. The summed E-state index contributed by atoms with van der Waals surface area (Å²) in [5.74, 6) is 1.04. The van der Waals surface area contributed by atoms with Crippen molar-refractivity contribution < 1.29 is 9.59 Å². The van der Waals surface area contributed by atoms with Gasteiger partial charge in [0, 0.05) is 57.7 Å². The second-order valence-electron chi connectivity index (χ2n) is 8.19. The third-order valence-electron chi connectivity index (χ3n) is 6.71. The molecule has 8 heteroatoms. The van der Waals surface area contributed by atoms with Gasteiger partial charge in [0.15, 0.2) is 0 Å². The number of piperazine rings is 1. The van der Waals surface area contributed by atoms with Gasteiger partial charge in [0.05, 0.1) is 12.0 Å². The van der Waals surface area contributed by atoms with Gasteiger partial charge in [0.25, 0.3) is 0 Å². The minimum atomic E-state index is -0.393. The van der Waals surface area contributed by atoms with Crippen LogP contribution in [0.5, 0.6) is 0 Å². The van der Waals surface area contributed by atoms with E-state index in [1.54, 1.807) is 12.4 Å². The Bertz CT molecular complexity index is 702. The average molecular weight is 387 g/mol. The topological polar surface area (TPSA) is 81.7 Å². The molecule has 3 aliphatic heterocycles. The largest absolute Gasteiger partial charge is 0.356 e. The number of amides is 2. The fourth-order valence-corrected chi connectivity index (χ4v) is 4.98. The number of nitrogens with zero attached hydrogens (tertiary/aromatic N) is 5. The first-order valence-electron chi connectivity index (χ1n) is 10.4. The summed E-state index contributed by atoms with van der Waals surface area (Å²) < 4.78 is 0. The van der Waals surface area contributed by atoms with Crippen LogP contribution in [0.3, 0.4) is 0 Å². The Morgan fingerprint density at radius 2 is 1.86 bits per heavy atom. The summed E-state index contributed by atoms with van der Waals surface area (Å²) in [7, 11) is 0. The van der Waals surface area contributed by atoms with E-state index in [9.17, 15) is 9.59 Å². The molecule has 0 aliphatic carbocycles.